The molecule has 1 aromatic heterocycles. The van der Waals surface area contributed by atoms with E-state index in [4.69, 9.17) is 0 Å². The Morgan fingerprint density at radius 3 is 2.50 bits per heavy atom. The van der Waals surface area contributed by atoms with Gasteiger partial charge in [0.05, 0.1) is 11.4 Å². The van der Waals surface area contributed by atoms with Gasteiger partial charge < -0.3 is 4.90 Å². The van der Waals surface area contributed by atoms with E-state index in [1.807, 2.05) is 17.5 Å². The molecule has 8 heteroatoms. The van der Waals surface area contributed by atoms with Crippen molar-refractivity contribution in [2.45, 2.75) is 43.7 Å². The van der Waals surface area contributed by atoms with Crippen molar-refractivity contribution in [3.8, 4) is 0 Å². The number of sulfonamides is 1. The molecule has 0 saturated carbocycles. The second-order valence-corrected chi connectivity index (χ2v) is 9.90. The number of nitrogens with zero attached hydrogens (tertiary/aromatic N) is 2. The number of piperidine rings is 1. The van der Waals surface area contributed by atoms with E-state index in [0.717, 1.165) is 17.7 Å². The van der Waals surface area contributed by atoms with Crippen molar-refractivity contribution in [1.82, 2.24) is 9.21 Å². The van der Waals surface area contributed by atoms with Crippen LogP contribution in [0.1, 0.15) is 41.4 Å². The number of likely N-dealkylation sites (N-methyl/N-ethyl adjacent to an activating group) is 1. The first kappa shape index (κ1) is 20.7. The van der Waals surface area contributed by atoms with Crippen molar-refractivity contribution in [2.75, 3.05) is 13.6 Å². The summed E-state index contributed by atoms with van der Waals surface area (Å²) in [7, 11) is -2.11. The number of thiophene rings is 1. The van der Waals surface area contributed by atoms with Crippen LogP contribution in [0.15, 0.2) is 46.7 Å². The summed E-state index contributed by atoms with van der Waals surface area (Å²) in [4.78, 5) is 27.2. The molecule has 1 fully saturated rings. The molecule has 1 saturated heterocycles. The zero-order chi connectivity index (χ0) is 20.3. The third kappa shape index (κ3) is 4.34. The van der Waals surface area contributed by atoms with Gasteiger partial charge in [0.15, 0.2) is 5.78 Å². The second kappa shape index (κ2) is 8.55. The molecule has 2 aromatic rings. The molecule has 28 heavy (non-hydrogen) atoms. The number of Topliss-reactive ketones (excluding diaryl/α,β-unsaturated/α-hetero) is 1. The average Bonchev–Trinajstić information content (AvgIpc) is 3.20. The van der Waals surface area contributed by atoms with Crippen molar-refractivity contribution in [1.29, 1.82) is 0 Å². The van der Waals surface area contributed by atoms with Gasteiger partial charge in [0, 0.05) is 24.0 Å². The summed E-state index contributed by atoms with van der Waals surface area (Å²) in [5, 5.41) is 1.95. The molecule has 0 radical (unpaired) electrons. The highest BCUT2D eigenvalue weighted by molar-refractivity contribution is 7.89. The van der Waals surface area contributed by atoms with Gasteiger partial charge in [-0.15, -0.1) is 11.3 Å². The van der Waals surface area contributed by atoms with Crippen molar-refractivity contribution in [3.05, 3.63) is 52.2 Å². The number of hydrogen-bond acceptors (Lipinski definition) is 5. The molecule has 1 atom stereocenters. The lowest BCUT2D eigenvalue weighted by atomic mass is 10.0. The van der Waals surface area contributed by atoms with Crippen molar-refractivity contribution < 1.29 is 18.0 Å². The van der Waals surface area contributed by atoms with Gasteiger partial charge in [-0.1, -0.05) is 24.6 Å². The number of amides is 1. The summed E-state index contributed by atoms with van der Waals surface area (Å²) in [5.74, 6) is -0.304. The summed E-state index contributed by atoms with van der Waals surface area (Å²) in [6, 6.07) is 9.10. The van der Waals surface area contributed by atoms with E-state index in [9.17, 15) is 18.0 Å². The molecule has 3 rings (SSSR count). The topological polar surface area (TPSA) is 74.8 Å². The third-order valence-corrected chi connectivity index (χ3v) is 7.74. The molecular weight excluding hydrogens is 396 g/mol. The van der Waals surface area contributed by atoms with E-state index in [1.165, 1.54) is 35.5 Å². The van der Waals surface area contributed by atoms with Gasteiger partial charge in [-0.25, -0.2) is 8.42 Å². The van der Waals surface area contributed by atoms with E-state index in [0.29, 0.717) is 25.1 Å². The summed E-state index contributed by atoms with van der Waals surface area (Å²) >= 11 is 1.57. The number of ketones is 1. The Balaban J connectivity index is 1.83. The summed E-state index contributed by atoms with van der Waals surface area (Å²) in [5.41, 5.74) is 0.459. The van der Waals surface area contributed by atoms with Gasteiger partial charge in [0.1, 0.15) is 6.04 Å². The predicted octanol–water partition coefficient (Wildman–Crippen LogP) is 3.15. The lowest BCUT2D eigenvalue weighted by Crippen LogP contribution is -2.51. The van der Waals surface area contributed by atoms with Gasteiger partial charge >= 0.3 is 0 Å². The molecule has 0 aliphatic carbocycles. The quantitative estimate of drug-likeness (QED) is 0.673. The number of carbonyl (C=O) groups excluding carboxylic acids is 2. The zero-order valence-electron chi connectivity index (χ0n) is 16.0. The first-order chi connectivity index (χ1) is 13.3. The van der Waals surface area contributed by atoms with E-state index in [1.54, 1.807) is 23.3 Å². The molecule has 1 aliphatic heterocycles. The molecule has 0 spiro atoms. The molecule has 1 aliphatic rings. The first-order valence-electron chi connectivity index (χ1n) is 9.21. The Labute approximate surface area is 169 Å². The third-order valence-electron chi connectivity index (χ3n) is 4.96. The minimum absolute atomic E-state index is 0.109. The van der Waals surface area contributed by atoms with Crippen molar-refractivity contribution in [3.63, 3.8) is 0 Å². The molecule has 1 unspecified atom stereocenters. The van der Waals surface area contributed by atoms with E-state index in [-0.39, 0.29) is 16.6 Å². The van der Waals surface area contributed by atoms with Crippen molar-refractivity contribution >= 4 is 33.1 Å². The largest absolute Gasteiger partial charge is 0.339 e. The first-order valence-corrected chi connectivity index (χ1v) is 11.5. The molecule has 0 bridgehead atoms. The van der Waals surface area contributed by atoms with Crippen LogP contribution >= 0.6 is 11.3 Å². The van der Waals surface area contributed by atoms with Gasteiger partial charge in [0.25, 0.3) is 0 Å². The highest BCUT2D eigenvalue weighted by Crippen LogP contribution is 2.27. The molecule has 1 aromatic carbocycles. The van der Waals surface area contributed by atoms with Crippen LogP contribution in [0.3, 0.4) is 0 Å². The molecule has 6 nitrogen and oxygen atoms in total. The Morgan fingerprint density at radius 1 is 1.18 bits per heavy atom. The summed E-state index contributed by atoms with van der Waals surface area (Å²) in [6.07, 6.45) is 2.06. The van der Waals surface area contributed by atoms with Crippen LogP contribution in [-0.4, -0.2) is 48.9 Å². The maximum Gasteiger partial charge on any atom is 0.243 e. The van der Waals surface area contributed by atoms with Gasteiger partial charge in [-0.2, -0.15) is 4.31 Å². The number of rotatable bonds is 6. The second-order valence-electron chi connectivity index (χ2n) is 6.98. The van der Waals surface area contributed by atoms with Crippen molar-refractivity contribution in [2.24, 2.45) is 0 Å². The van der Waals surface area contributed by atoms with Crippen LogP contribution in [0, 0.1) is 0 Å². The normalized spacial score (nSPS) is 18.0. The lowest BCUT2D eigenvalue weighted by Gasteiger charge is -2.35. The van der Waals surface area contributed by atoms with Gasteiger partial charge in [-0.3, -0.25) is 9.59 Å². The lowest BCUT2D eigenvalue weighted by molar-refractivity contribution is -0.135. The summed E-state index contributed by atoms with van der Waals surface area (Å²) < 4.78 is 27.7. The smallest absolute Gasteiger partial charge is 0.243 e. The number of carbonyl (C=O) groups is 2. The molecule has 2 heterocycles. The maximum atomic E-state index is 13.2. The van der Waals surface area contributed by atoms with Crippen LogP contribution in [0.25, 0.3) is 0 Å². The predicted molar refractivity (Wildman–Crippen MR) is 109 cm³/mol. The Hall–Kier alpha value is -2.03. The van der Waals surface area contributed by atoms with Gasteiger partial charge in [0.2, 0.25) is 15.9 Å². The minimum Gasteiger partial charge on any atom is -0.339 e. The fraction of sp³-hybridized carbons (Fsp3) is 0.400. The fourth-order valence-electron chi connectivity index (χ4n) is 3.41. The average molecular weight is 421 g/mol. The molecule has 1 amide bonds. The Morgan fingerprint density at radius 2 is 1.89 bits per heavy atom. The van der Waals surface area contributed by atoms with Crippen LogP contribution in [-0.2, 0) is 21.4 Å². The van der Waals surface area contributed by atoms with Crippen LogP contribution in [0.4, 0.5) is 0 Å². The Bertz CT molecular complexity index is 937. The minimum atomic E-state index is -3.82. The standard InChI is InChI=1S/C20H24N2O4S2/c1-15(23)16-8-10-18(11-9-16)28(25,26)22-12-4-3-7-19(22)20(24)21(2)14-17-6-5-13-27-17/h5-6,8-11,13,19H,3-4,7,12,14H2,1-2H3. The highest BCUT2D eigenvalue weighted by atomic mass is 32.2. The van der Waals surface area contributed by atoms with E-state index < -0.39 is 16.1 Å². The zero-order valence-corrected chi connectivity index (χ0v) is 17.6. The Kier molecular flexibility index (Phi) is 6.32. The molecule has 0 N–H and O–H groups in total. The monoisotopic (exact) mass is 420 g/mol. The number of hydrogen-bond donors (Lipinski definition) is 0. The fourth-order valence-corrected chi connectivity index (χ4v) is 5.81. The summed E-state index contributed by atoms with van der Waals surface area (Å²) in [6.45, 7) is 2.22. The van der Waals surface area contributed by atoms with Gasteiger partial charge in [-0.05, 0) is 43.3 Å². The van der Waals surface area contributed by atoms with E-state index >= 15 is 0 Å². The van der Waals surface area contributed by atoms with E-state index in [2.05, 4.69) is 0 Å². The SMILES string of the molecule is CC(=O)c1ccc(S(=O)(=O)N2CCCCC2C(=O)N(C)Cc2cccs2)cc1. The maximum absolute atomic E-state index is 13.2. The van der Waals surface area contributed by atoms with Crippen LogP contribution < -0.4 is 0 Å². The highest BCUT2D eigenvalue weighted by Gasteiger charge is 2.38. The molecular formula is C20H24N2O4S2. The molecule has 150 valence electrons. The van der Waals surface area contributed by atoms with Crippen LogP contribution in [0.5, 0.6) is 0 Å². The van der Waals surface area contributed by atoms with Crippen LogP contribution in [0.2, 0.25) is 0 Å². The number of benzene rings is 1.